The second kappa shape index (κ2) is 3.48. The highest BCUT2D eigenvalue weighted by atomic mass is 32.1. The highest BCUT2D eigenvalue weighted by Crippen LogP contribution is 2.20. The van der Waals surface area contributed by atoms with Gasteiger partial charge in [0.1, 0.15) is 0 Å². The molecule has 0 atom stereocenters. The number of fused-ring (bicyclic) bond motifs is 1. The molecule has 2 aromatic rings. The van der Waals surface area contributed by atoms with Crippen molar-refractivity contribution in [3.63, 3.8) is 0 Å². The van der Waals surface area contributed by atoms with Gasteiger partial charge >= 0.3 is 0 Å². The molecule has 0 aliphatic carbocycles. The van der Waals surface area contributed by atoms with Crippen molar-refractivity contribution in [3.05, 3.63) is 42.5 Å². The molecule has 0 bridgehead atoms. The van der Waals surface area contributed by atoms with E-state index < -0.39 is 0 Å². The first-order valence-corrected chi connectivity index (χ1v) is 4.37. The van der Waals surface area contributed by atoms with Gasteiger partial charge in [-0.15, -0.1) is 0 Å². The first-order valence-electron chi connectivity index (χ1n) is 3.97. The molecule has 0 N–H and O–H groups in total. The molecule has 0 unspecified atom stereocenters. The third-order valence-corrected chi connectivity index (χ3v) is 2.00. The minimum Gasteiger partial charge on any atom is -0.195 e. The lowest BCUT2D eigenvalue weighted by Gasteiger charge is -1.96. The van der Waals surface area contributed by atoms with Crippen LogP contribution in [0, 0.1) is 0 Å². The number of isothiocyanates is 1. The molecule has 0 fully saturated rings. The van der Waals surface area contributed by atoms with Crippen molar-refractivity contribution in [1.82, 2.24) is 0 Å². The fraction of sp³-hybridized carbons (Fsp3) is 0. The van der Waals surface area contributed by atoms with Gasteiger partial charge in [0.25, 0.3) is 0 Å². The fourth-order valence-corrected chi connectivity index (χ4v) is 1.40. The third-order valence-electron chi connectivity index (χ3n) is 1.91. The average Bonchev–Trinajstić information content (AvgIpc) is 2.18. The van der Waals surface area contributed by atoms with E-state index in [2.05, 4.69) is 34.5 Å². The van der Waals surface area contributed by atoms with E-state index in [9.17, 15) is 0 Å². The number of hydrogen-bond donors (Lipinski definition) is 0. The molecule has 0 aliphatic heterocycles. The maximum absolute atomic E-state index is 4.54. The topological polar surface area (TPSA) is 12.4 Å². The molecule has 2 heteroatoms. The summed E-state index contributed by atoms with van der Waals surface area (Å²) in [6, 6.07) is 14.1. The number of aliphatic imine (C=N–C) groups is 1. The Morgan fingerprint density at radius 2 is 1.77 bits per heavy atom. The van der Waals surface area contributed by atoms with Gasteiger partial charge < -0.3 is 0 Å². The number of thiocarbonyl (C=S) groups is 1. The molecule has 1 nitrogen and oxygen atoms in total. The summed E-state index contributed by atoms with van der Waals surface area (Å²) in [7, 11) is 0. The van der Waals surface area contributed by atoms with Gasteiger partial charge in [-0.2, -0.15) is 4.99 Å². The van der Waals surface area contributed by atoms with Crippen molar-refractivity contribution in [2.24, 2.45) is 4.99 Å². The van der Waals surface area contributed by atoms with Crippen LogP contribution in [-0.4, -0.2) is 5.16 Å². The maximum Gasteiger partial charge on any atom is 0.0745 e. The normalized spacial score (nSPS) is 9.54. The molecule has 0 saturated carbocycles. The molecule has 2 aromatic carbocycles. The van der Waals surface area contributed by atoms with Gasteiger partial charge in [-0.05, 0) is 35.1 Å². The average molecular weight is 185 g/mol. The van der Waals surface area contributed by atoms with Crippen LogP contribution in [0.1, 0.15) is 0 Å². The first-order chi connectivity index (χ1) is 6.40. The molecule has 0 amide bonds. The van der Waals surface area contributed by atoms with Crippen LogP contribution in [0.5, 0.6) is 0 Å². The van der Waals surface area contributed by atoms with E-state index in [1.807, 2.05) is 30.3 Å². The highest BCUT2D eigenvalue weighted by Gasteiger charge is 1.92. The first kappa shape index (κ1) is 8.11. The van der Waals surface area contributed by atoms with Crippen LogP contribution in [0.25, 0.3) is 10.8 Å². The quantitative estimate of drug-likeness (QED) is 0.488. The Bertz CT molecular complexity index is 484. The lowest BCUT2D eigenvalue weighted by molar-refractivity contribution is 1.58. The summed E-state index contributed by atoms with van der Waals surface area (Å²) in [6.07, 6.45) is 0. The lowest BCUT2D eigenvalue weighted by Crippen LogP contribution is -1.70. The van der Waals surface area contributed by atoms with Gasteiger partial charge in [-0.3, -0.25) is 0 Å². The summed E-state index contributed by atoms with van der Waals surface area (Å²) < 4.78 is 0. The van der Waals surface area contributed by atoms with Gasteiger partial charge in [0.2, 0.25) is 0 Å². The van der Waals surface area contributed by atoms with E-state index in [0.29, 0.717) is 0 Å². The molecule has 62 valence electrons. The van der Waals surface area contributed by atoms with Crippen LogP contribution in [0.3, 0.4) is 0 Å². The standard InChI is InChI=1S/C11H7NS/c13-8-12-11-6-5-9-3-1-2-4-10(9)7-11/h1-7H. The van der Waals surface area contributed by atoms with E-state index in [1.54, 1.807) is 0 Å². The van der Waals surface area contributed by atoms with Crippen LogP contribution in [0.15, 0.2) is 47.5 Å². The summed E-state index contributed by atoms with van der Waals surface area (Å²) in [5.41, 5.74) is 0.855. The zero-order valence-electron chi connectivity index (χ0n) is 6.90. The largest absolute Gasteiger partial charge is 0.195 e. The van der Waals surface area contributed by atoms with Crippen molar-refractivity contribution in [2.75, 3.05) is 0 Å². The predicted octanol–water partition coefficient (Wildman–Crippen LogP) is 3.57. The molecule has 0 heterocycles. The number of benzene rings is 2. The summed E-state index contributed by atoms with van der Waals surface area (Å²) in [5.74, 6) is 0. The molecule has 0 aliphatic rings. The van der Waals surface area contributed by atoms with Crippen molar-refractivity contribution in [3.8, 4) is 0 Å². The molecule has 0 spiro atoms. The Hall–Kier alpha value is -1.50. The number of nitrogens with zero attached hydrogens (tertiary/aromatic N) is 1. The summed E-state index contributed by atoms with van der Waals surface area (Å²) in [5, 5.41) is 4.75. The zero-order valence-corrected chi connectivity index (χ0v) is 7.71. The fourth-order valence-electron chi connectivity index (χ4n) is 1.30. The summed E-state index contributed by atoms with van der Waals surface area (Å²) in [4.78, 5) is 3.92. The van der Waals surface area contributed by atoms with E-state index in [4.69, 9.17) is 0 Å². The van der Waals surface area contributed by atoms with Gasteiger partial charge in [0.05, 0.1) is 10.8 Å². The van der Waals surface area contributed by atoms with Crippen LogP contribution in [0.4, 0.5) is 5.69 Å². The molecular weight excluding hydrogens is 178 g/mol. The van der Waals surface area contributed by atoms with Crippen molar-refractivity contribution < 1.29 is 0 Å². The van der Waals surface area contributed by atoms with Crippen LogP contribution in [-0.2, 0) is 0 Å². The zero-order chi connectivity index (χ0) is 9.10. The minimum atomic E-state index is 0.855. The van der Waals surface area contributed by atoms with Crippen molar-refractivity contribution in [1.29, 1.82) is 0 Å². The van der Waals surface area contributed by atoms with Crippen molar-refractivity contribution in [2.45, 2.75) is 0 Å². The van der Waals surface area contributed by atoms with Gasteiger partial charge in [0, 0.05) is 0 Å². The predicted molar refractivity (Wildman–Crippen MR) is 58.6 cm³/mol. The SMILES string of the molecule is S=C=Nc1ccc2ccccc2c1. The molecule has 2 rings (SSSR count). The molecule has 0 aromatic heterocycles. The Kier molecular flexibility index (Phi) is 2.17. The molecule has 13 heavy (non-hydrogen) atoms. The molecular formula is C11H7NS. The van der Waals surface area contributed by atoms with E-state index in [0.717, 1.165) is 5.69 Å². The van der Waals surface area contributed by atoms with Crippen LogP contribution in [0.2, 0.25) is 0 Å². The van der Waals surface area contributed by atoms with Crippen molar-refractivity contribution >= 4 is 33.8 Å². The Morgan fingerprint density at radius 3 is 2.54 bits per heavy atom. The summed E-state index contributed by atoms with van der Waals surface area (Å²) >= 11 is 4.54. The second-order valence-electron chi connectivity index (χ2n) is 2.73. The minimum absolute atomic E-state index is 0.855. The lowest BCUT2D eigenvalue weighted by atomic mass is 10.1. The van der Waals surface area contributed by atoms with E-state index >= 15 is 0 Å². The Balaban J connectivity index is 2.68. The smallest absolute Gasteiger partial charge is 0.0745 e. The number of hydrogen-bond acceptors (Lipinski definition) is 2. The molecule has 0 saturated heterocycles. The summed E-state index contributed by atoms with van der Waals surface area (Å²) in [6.45, 7) is 0. The van der Waals surface area contributed by atoms with Gasteiger partial charge in [-0.25, -0.2) is 0 Å². The third kappa shape index (κ3) is 1.64. The maximum atomic E-state index is 4.54. The molecule has 0 radical (unpaired) electrons. The van der Waals surface area contributed by atoms with Crippen LogP contribution < -0.4 is 0 Å². The van der Waals surface area contributed by atoms with E-state index in [-0.39, 0.29) is 0 Å². The highest BCUT2D eigenvalue weighted by molar-refractivity contribution is 7.78. The second-order valence-corrected chi connectivity index (χ2v) is 2.92. The van der Waals surface area contributed by atoms with Gasteiger partial charge in [-0.1, -0.05) is 30.3 Å². The van der Waals surface area contributed by atoms with E-state index in [1.165, 1.54) is 10.8 Å². The van der Waals surface area contributed by atoms with Gasteiger partial charge in [0.15, 0.2) is 0 Å². The Labute approximate surface area is 81.7 Å². The van der Waals surface area contributed by atoms with Crippen LogP contribution >= 0.6 is 12.2 Å². The Morgan fingerprint density at radius 1 is 1.00 bits per heavy atom. The number of rotatable bonds is 1. The monoisotopic (exact) mass is 185 g/mol.